The van der Waals surface area contributed by atoms with Gasteiger partial charge in [-0.05, 0) is 24.6 Å². The molecule has 2 aromatic rings. The van der Waals surface area contributed by atoms with Gasteiger partial charge in [0.05, 0.1) is 11.1 Å². The summed E-state index contributed by atoms with van der Waals surface area (Å²) in [6, 6.07) is 7.85. The van der Waals surface area contributed by atoms with E-state index in [-0.39, 0.29) is 5.69 Å². The van der Waals surface area contributed by atoms with Crippen molar-refractivity contribution in [3.05, 3.63) is 58.0 Å². The average Bonchev–Trinajstić information content (AvgIpc) is 2.39. The number of nitrogens with zero attached hydrogens (tertiary/aromatic N) is 4. The molecule has 0 saturated heterocycles. The van der Waals surface area contributed by atoms with Crippen molar-refractivity contribution in [1.82, 2.24) is 9.97 Å². The van der Waals surface area contributed by atoms with Crippen LogP contribution in [-0.2, 0) is 0 Å². The maximum Gasteiger partial charge on any atom is 0.269 e. The first-order chi connectivity index (χ1) is 9.15. The van der Waals surface area contributed by atoms with E-state index in [0.29, 0.717) is 5.82 Å². The lowest BCUT2D eigenvalue weighted by atomic mass is 10.2. The van der Waals surface area contributed by atoms with Crippen LogP contribution in [0, 0.1) is 17.0 Å². The zero-order valence-corrected chi connectivity index (χ0v) is 10.1. The molecule has 0 unspecified atom stereocenters. The fourth-order valence-electron chi connectivity index (χ4n) is 1.37. The molecule has 96 valence electrons. The second kappa shape index (κ2) is 5.67. The van der Waals surface area contributed by atoms with Gasteiger partial charge in [0, 0.05) is 23.9 Å². The van der Waals surface area contributed by atoms with Crippen LogP contribution in [0.3, 0.4) is 0 Å². The van der Waals surface area contributed by atoms with Crippen molar-refractivity contribution < 1.29 is 4.92 Å². The molecule has 0 saturated carbocycles. The lowest BCUT2D eigenvalue weighted by Crippen LogP contribution is -1.95. The van der Waals surface area contributed by atoms with Gasteiger partial charge in [-0.15, -0.1) is 0 Å². The third-order valence-electron chi connectivity index (χ3n) is 2.30. The van der Waals surface area contributed by atoms with Crippen LogP contribution in [-0.4, -0.2) is 21.1 Å². The molecule has 0 aliphatic rings. The van der Waals surface area contributed by atoms with Crippen molar-refractivity contribution in [1.29, 1.82) is 0 Å². The van der Waals surface area contributed by atoms with E-state index in [0.717, 1.165) is 11.3 Å². The predicted molar refractivity (Wildman–Crippen MR) is 71.1 cm³/mol. The zero-order chi connectivity index (χ0) is 13.7. The van der Waals surface area contributed by atoms with Crippen molar-refractivity contribution >= 4 is 17.7 Å². The normalized spacial score (nSPS) is 10.6. The Morgan fingerprint density at radius 2 is 2.05 bits per heavy atom. The Labute approximate surface area is 109 Å². The topological polar surface area (TPSA) is 93.3 Å². The summed E-state index contributed by atoms with van der Waals surface area (Å²) < 4.78 is 0. The molecule has 0 fully saturated rings. The Hall–Kier alpha value is -2.83. The third-order valence-corrected chi connectivity index (χ3v) is 2.30. The minimum atomic E-state index is -0.442. The summed E-state index contributed by atoms with van der Waals surface area (Å²) in [5, 5.41) is 14.5. The molecule has 0 atom stereocenters. The number of hydrogen-bond acceptors (Lipinski definition) is 6. The van der Waals surface area contributed by atoms with Crippen LogP contribution in [0.4, 0.5) is 11.5 Å². The second-order valence-electron chi connectivity index (χ2n) is 3.76. The molecule has 0 spiro atoms. The van der Waals surface area contributed by atoms with Gasteiger partial charge in [-0.25, -0.2) is 9.97 Å². The number of benzene rings is 1. The summed E-state index contributed by atoms with van der Waals surface area (Å²) in [6.45, 7) is 1.85. The molecule has 1 aromatic heterocycles. The van der Waals surface area contributed by atoms with E-state index < -0.39 is 4.92 Å². The van der Waals surface area contributed by atoms with Gasteiger partial charge in [-0.2, -0.15) is 5.10 Å². The first-order valence-electron chi connectivity index (χ1n) is 5.47. The van der Waals surface area contributed by atoms with Crippen LogP contribution in [0.2, 0.25) is 0 Å². The fraction of sp³-hybridized carbons (Fsp3) is 0.0833. The molecular formula is C12H11N5O2. The number of nitro groups is 1. The maximum absolute atomic E-state index is 10.5. The first kappa shape index (κ1) is 12.6. The number of nitrogens with one attached hydrogen (secondary N) is 1. The van der Waals surface area contributed by atoms with Crippen LogP contribution >= 0.6 is 0 Å². The van der Waals surface area contributed by atoms with Gasteiger partial charge in [0.2, 0.25) is 0 Å². The van der Waals surface area contributed by atoms with Gasteiger partial charge in [-0.1, -0.05) is 0 Å². The highest BCUT2D eigenvalue weighted by atomic mass is 16.6. The monoisotopic (exact) mass is 257 g/mol. The summed E-state index contributed by atoms with van der Waals surface area (Å²) in [6.07, 6.45) is 3.00. The molecule has 0 aliphatic carbocycles. The van der Waals surface area contributed by atoms with Gasteiger partial charge in [0.1, 0.15) is 12.1 Å². The van der Waals surface area contributed by atoms with Gasteiger partial charge >= 0.3 is 0 Å². The Kier molecular flexibility index (Phi) is 3.77. The summed E-state index contributed by atoms with van der Waals surface area (Å²) in [4.78, 5) is 18.0. The molecule has 7 nitrogen and oxygen atoms in total. The number of nitro benzene ring substituents is 1. The fourth-order valence-corrected chi connectivity index (χ4v) is 1.37. The largest absolute Gasteiger partial charge is 0.269 e. The van der Waals surface area contributed by atoms with Crippen LogP contribution < -0.4 is 5.43 Å². The van der Waals surface area contributed by atoms with Gasteiger partial charge in [0.25, 0.3) is 5.69 Å². The number of non-ortho nitro benzene ring substituents is 1. The SMILES string of the molecule is Cc1cc(N/N=C/c2ccc([N+](=O)[O-])cc2)ncn1. The van der Waals surface area contributed by atoms with Crippen LogP contribution in [0.25, 0.3) is 0 Å². The highest BCUT2D eigenvalue weighted by molar-refractivity contribution is 5.80. The minimum absolute atomic E-state index is 0.0523. The Morgan fingerprint density at radius 3 is 2.68 bits per heavy atom. The van der Waals surface area contributed by atoms with Crippen LogP contribution in [0.5, 0.6) is 0 Å². The summed E-state index contributed by atoms with van der Waals surface area (Å²) in [5.41, 5.74) is 4.40. The smallest absolute Gasteiger partial charge is 0.261 e. The molecule has 1 heterocycles. The molecule has 2 rings (SSSR count). The number of anilines is 1. The molecule has 0 amide bonds. The summed E-state index contributed by atoms with van der Waals surface area (Å²) in [7, 11) is 0. The number of aryl methyl sites for hydroxylation is 1. The molecule has 1 aromatic carbocycles. The lowest BCUT2D eigenvalue weighted by Gasteiger charge is -1.99. The minimum Gasteiger partial charge on any atom is -0.261 e. The van der Waals surface area contributed by atoms with E-state index in [4.69, 9.17) is 0 Å². The van der Waals surface area contributed by atoms with Crippen LogP contribution in [0.1, 0.15) is 11.3 Å². The Morgan fingerprint density at radius 1 is 1.32 bits per heavy atom. The van der Waals surface area contributed by atoms with E-state index >= 15 is 0 Å². The standard InChI is InChI=1S/C12H11N5O2/c1-9-6-12(14-8-13-9)16-15-7-10-2-4-11(5-3-10)17(18)19/h2-8H,1H3,(H,13,14,16)/b15-7+. The molecular weight excluding hydrogens is 246 g/mol. The molecule has 19 heavy (non-hydrogen) atoms. The lowest BCUT2D eigenvalue weighted by molar-refractivity contribution is -0.384. The van der Waals surface area contributed by atoms with E-state index in [1.165, 1.54) is 18.5 Å². The third kappa shape index (κ3) is 3.56. The average molecular weight is 257 g/mol. The van der Waals surface area contributed by atoms with Crippen molar-refractivity contribution in [2.45, 2.75) is 6.92 Å². The second-order valence-corrected chi connectivity index (χ2v) is 3.76. The van der Waals surface area contributed by atoms with E-state index in [9.17, 15) is 10.1 Å². The quantitative estimate of drug-likeness (QED) is 0.514. The molecule has 0 radical (unpaired) electrons. The number of hydrogen-bond donors (Lipinski definition) is 1. The predicted octanol–water partition coefficient (Wildman–Crippen LogP) is 2.14. The van der Waals surface area contributed by atoms with Crippen molar-refractivity contribution in [3.8, 4) is 0 Å². The highest BCUT2D eigenvalue weighted by Gasteiger charge is 2.02. The number of hydrazone groups is 1. The maximum atomic E-state index is 10.5. The van der Waals surface area contributed by atoms with Crippen LogP contribution in [0.15, 0.2) is 41.8 Å². The molecule has 1 N–H and O–H groups in total. The van der Waals surface area contributed by atoms with Gasteiger partial charge < -0.3 is 0 Å². The van der Waals surface area contributed by atoms with Gasteiger partial charge in [-0.3, -0.25) is 15.5 Å². The van der Waals surface area contributed by atoms with Crippen molar-refractivity contribution in [3.63, 3.8) is 0 Å². The van der Waals surface area contributed by atoms with E-state index in [2.05, 4.69) is 20.5 Å². The van der Waals surface area contributed by atoms with Crippen molar-refractivity contribution in [2.75, 3.05) is 5.43 Å². The first-order valence-corrected chi connectivity index (χ1v) is 5.47. The van der Waals surface area contributed by atoms with E-state index in [1.807, 2.05) is 6.92 Å². The van der Waals surface area contributed by atoms with Crippen molar-refractivity contribution in [2.24, 2.45) is 5.10 Å². The zero-order valence-electron chi connectivity index (χ0n) is 10.1. The van der Waals surface area contributed by atoms with Gasteiger partial charge in [0.15, 0.2) is 0 Å². The summed E-state index contributed by atoms with van der Waals surface area (Å²) in [5.74, 6) is 0.589. The summed E-state index contributed by atoms with van der Waals surface area (Å²) >= 11 is 0. The molecule has 7 heteroatoms. The highest BCUT2D eigenvalue weighted by Crippen LogP contribution is 2.10. The molecule has 0 bridgehead atoms. The van der Waals surface area contributed by atoms with E-state index in [1.54, 1.807) is 24.4 Å². The number of rotatable bonds is 4. The molecule has 0 aliphatic heterocycles. The Balaban J connectivity index is 2.01. The number of aromatic nitrogens is 2. The Bertz CT molecular complexity index is 610.